The normalized spacial score (nSPS) is 16.7. The molecule has 6 nitrogen and oxygen atoms in total. The van der Waals surface area contributed by atoms with Crippen molar-refractivity contribution in [2.24, 2.45) is 7.05 Å². The lowest BCUT2D eigenvalue weighted by atomic mass is 10.1. The van der Waals surface area contributed by atoms with Crippen molar-refractivity contribution in [2.45, 2.75) is 23.4 Å². The molecule has 1 aliphatic rings. The molecule has 0 bridgehead atoms. The Labute approximate surface area is 161 Å². The molecule has 0 aliphatic carbocycles. The van der Waals surface area contributed by atoms with Gasteiger partial charge in [0.1, 0.15) is 6.61 Å². The van der Waals surface area contributed by atoms with E-state index in [1.807, 2.05) is 73.1 Å². The second-order valence-corrected chi connectivity index (χ2v) is 7.56. The maximum absolute atomic E-state index is 12.6. The highest BCUT2D eigenvalue weighted by molar-refractivity contribution is 8.00. The second-order valence-electron chi connectivity index (χ2n) is 6.25. The smallest absolute Gasteiger partial charge is 0.192 e. The van der Waals surface area contributed by atoms with Crippen LogP contribution in [-0.4, -0.2) is 32.4 Å². The highest BCUT2D eigenvalue weighted by Gasteiger charge is 2.28. The van der Waals surface area contributed by atoms with Crippen molar-refractivity contribution < 1.29 is 14.3 Å². The summed E-state index contributed by atoms with van der Waals surface area (Å²) in [5.74, 6) is 2.16. The molecular formula is C20H19N3O3S. The molecule has 138 valence electrons. The van der Waals surface area contributed by atoms with Crippen LogP contribution in [0, 0.1) is 0 Å². The van der Waals surface area contributed by atoms with Crippen molar-refractivity contribution in [2.75, 3.05) is 6.61 Å². The van der Waals surface area contributed by atoms with E-state index in [-0.39, 0.29) is 17.1 Å². The van der Waals surface area contributed by atoms with Gasteiger partial charge in [-0.1, -0.05) is 54.2 Å². The summed E-state index contributed by atoms with van der Waals surface area (Å²) in [7, 11) is 1.88. The van der Waals surface area contributed by atoms with Gasteiger partial charge in [-0.25, -0.2) is 0 Å². The SMILES string of the molecule is CC(Sc1nnc(C2COc3ccccc3O2)n1C)C(=O)c1ccccc1. The standard InChI is InChI=1S/C20H19N3O3S/c1-13(18(24)14-8-4-3-5-9-14)27-20-22-21-19(23(20)2)17-12-25-15-10-6-7-11-16(15)26-17/h3-11,13,17H,12H2,1-2H3. The van der Waals surface area contributed by atoms with E-state index in [1.165, 1.54) is 11.8 Å². The molecule has 3 aromatic rings. The third kappa shape index (κ3) is 3.55. The van der Waals surface area contributed by atoms with Crippen molar-refractivity contribution in [1.82, 2.24) is 14.8 Å². The van der Waals surface area contributed by atoms with E-state index in [0.717, 1.165) is 5.75 Å². The van der Waals surface area contributed by atoms with Gasteiger partial charge < -0.3 is 14.0 Å². The van der Waals surface area contributed by atoms with Crippen molar-refractivity contribution in [1.29, 1.82) is 0 Å². The van der Waals surface area contributed by atoms with Crippen LogP contribution in [0.5, 0.6) is 11.5 Å². The molecule has 4 rings (SSSR count). The summed E-state index contributed by atoms with van der Waals surface area (Å²) in [6, 6.07) is 16.8. The van der Waals surface area contributed by atoms with Gasteiger partial charge in [0.15, 0.2) is 34.4 Å². The number of benzene rings is 2. The van der Waals surface area contributed by atoms with E-state index in [2.05, 4.69) is 10.2 Å². The predicted octanol–water partition coefficient (Wildman–Crippen LogP) is 3.69. The molecule has 0 N–H and O–H groups in total. The van der Waals surface area contributed by atoms with Crippen LogP contribution in [0.25, 0.3) is 0 Å². The number of ether oxygens (including phenoxy) is 2. The van der Waals surface area contributed by atoms with Gasteiger partial charge in [0.25, 0.3) is 0 Å². The summed E-state index contributed by atoms with van der Waals surface area (Å²) in [4.78, 5) is 12.6. The first-order valence-electron chi connectivity index (χ1n) is 8.67. The largest absolute Gasteiger partial charge is 0.485 e. The monoisotopic (exact) mass is 381 g/mol. The molecular weight excluding hydrogens is 362 g/mol. The first-order chi connectivity index (χ1) is 13.1. The zero-order valence-corrected chi connectivity index (χ0v) is 15.8. The quantitative estimate of drug-likeness (QED) is 0.496. The van der Waals surface area contributed by atoms with Gasteiger partial charge in [-0.05, 0) is 19.1 Å². The summed E-state index contributed by atoms with van der Waals surface area (Å²) in [6.45, 7) is 2.25. The first-order valence-corrected chi connectivity index (χ1v) is 9.55. The lowest BCUT2D eigenvalue weighted by molar-refractivity contribution is 0.0825. The molecule has 2 aromatic carbocycles. The molecule has 0 spiro atoms. The summed E-state index contributed by atoms with van der Waals surface area (Å²) in [6.07, 6.45) is -0.341. The van der Waals surface area contributed by atoms with Crippen molar-refractivity contribution in [3.8, 4) is 11.5 Å². The number of hydrogen-bond acceptors (Lipinski definition) is 6. The molecule has 2 heterocycles. The molecule has 2 unspecified atom stereocenters. The zero-order valence-electron chi connectivity index (χ0n) is 15.0. The van der Waals surface area contributed by atoms with Crippen LogP contribution in [0.15, 0.2) is 59.8 Å². The Bertz CT molecular complexity index is 958. The molecule has 7 heteroatoms. The summed E-state index contributed by atoms with van der Waals surface area (Å²) >= 11 is 1.39. The summed E-state index contributed by atoms with van der Waals surface area (Å²) < 4.78 is 13.6. The third-order valence-corrected chi connectivity index (χ3v) is 5.51. The average molecular weight is 381 g/mol. The van der Waals surface area contributed by atoms with E-state index >= 15 is 0 Å². The summed E-state index contributed by atoms with van der Waals surface area (Å²) in [5, 5.41) is 8.92. The lowest BCUT2D eigenvalue weighted by Crippen LogP contribution is -2.24. The first kappa shape index (κ1) is 17.6. The van der Waals surface area contributed by atoms with E-state index in [0.29, 0.717) is 28.9 Å². The van der Waals surface area contributed by atoms with Gasteiger partial charge in [0, 0.05) is 12.6 Å². The average Bonchev–Trinajstić information content (AvgIpc) is 3.08. The number of aromatic nitrogens is 3. The highest BCUT2D eigenvalue weighted by atomic mass is 32.2. The number of ketones is 1. The maximum Gasteiger partial charge on any atom is 0.192 e. The van der Waals surface area contributed by atoms with Crippen molar-refractivity contribution in [3.63, 3.8) is 0 Å². The zero-order chi connectivity index (χ0) is 18.8. The Morgan fingerprint density at radius 2 is 1.81 bits per heavy atom. The molecule has 27 heavy (non-hydrogen) atoms. The van der Waals surface area contributed by atoms with Gasteiger partial charge in [0.2, 0.25) is 0 Å². The van der Waals surface area contributed by atoms with Crippen LogP contribution in [0.3, 0.4) is 0 Å². The molecule has 0 fully saturated rings. The lowest BCUT2D eigenvalue weighted by Gasteiger charge is -2.25. The van der Waals surface area contributed by atoms with Crippen LogP contribution >= 0.6 is 11.8 Å². The molecule has 0 amide bonds. The number of Topliss-reactive ketones (excluding diaryl/α,β-unsaturated/α-hetero) is 1. The van der Waals surface area contributed by atoms with Gasteiger partial charge in [0.05, 0.1) is 5.25 Å². The molecule has 0 radical (unpaired) electrons. The Morgan fingerprint density at radius 3 is 2.59 bits per heavy atom. The fourth-order valence-corrected chi connectivity index (χ4v) is 3.80. The number of fused-ring (bicyclic) bond motifs is 1. The van der Waals surface area contributed by atoms with E-state index in [1.54, 1.807) is 0 Å². The van der Waals surface area contributed by atoms with Crippen LogP contribution in [0.1, 0.15) is 29.2 Å². The molecule has 1 aliphatic heterocycles. The number of thioether (sulfide) groups is 1. The van der Waals surface area contributed by atoms with Gasteiger partial charge in [-0.15, -0.1) is 10.2 Å². The van der Waals surface area contributed by atoms with Crippen LogP contribution in [0.2, 0.25) is 0 Å². The number of carbonyl (C=O) groups excluding carboxylic acids is 1. The molecule has 0 saturated heterocycles. The van der Waals surface area contributed by atoms with E-state index in [9.17, 15) is 4.79 Å². The fraction of sp³-hybridized carbons (Fsp3) is 0.250. The van der Waals surface area contributed by atoms with Gasteiger partial charge in [-0.3, -0.25) is 4.79 Å². The minimum absolute atomic E-state index is 0.0660. The number of hydrogen-bond donors (Lipinski definition) is 0. The Hall–Kier alpha value is -2.80. The van der Waals surface area contributed by atoms with Crippen molar-refractivity contribution in [3.05, 3.63) is 66.0 Å². The molecule has 1 aromatic heterocycles. The summed E-state index contributed by atoms with van der Waals surface area (Å²) in [5.41, 5.74) is 0.695. The number of rotatable bonds is 5. The second kappa shape index (κ2) is 7.44. The Balaban J connectivity index is 1.49. The minimum Gasteiger partial charge on any atom is -0.485 e. The van der Waals surface area contributed by atoms with Gasteiger partial charge in [-0.2, -0.15) is 0 Å². The molecule has 2 atom stereocenters. The molecule has 0 saturated carbocycles. The van der Waals surface area contributed by atoms with Crippen LogP contribution in [0.4, 0.5) is 0 Å². The Morgan fingerprint density at radius 1 is 1.11 bits per heavy atom. The van der Waals surface area contributed by atoms with Crippen LogP contribution < -0.4 is 9.47 Å². The van der Waals surface area contributed by atoms with Crippen molar-refractivity contribution >= 4 is 17.5 Å². The Kier molecular flexibility index (Phi) is 4.85. The minimum atomic E-state index is -0.341. The maximum atomic E-state index is 12.6. The highest BCUT2D eigenvalue weighted by Crippen LogP contribution is 2.36. The van der Waals surface area contributed by atoms with E-state index < -0.39 is 0 Å². The predicted molar refractivity (Wildman–Crippen MR) is 102 cm³/mol. The third-order valence-electron chi connectivity index (χ3n) is 4.37. The topological polar surface area (TPSA) is 66.2 Å². The fourth-order valence-electron chi connectivity index (χ4n) is 2.90. The van der Waals surface area contributed by atoms with Gasteiger partial charge >= 0.3 is 0 Å². The van der Waals surface area contributed by atoms with Crippen LogP contribution in [-0.2, 0) is 7.05 Å². The number of para-hydroxylation sites is 2. The van der Waals surface area contributed by atoms with E-state index in [4.69, 9.17) is 9.47 Å². The number of nitrogens with zero attached hydrogens (tertiary/aromatic N) is 3. The number of carbonyl (C=O) groups is 1.